The van der Waals surface area contributed by atoms with E-state index in [1.807, 2.05) is 20.8 Å². The molecular formula is C31H42O8S. The van der Waals surface area contributed by atoms with Crippen LogP contribution in [0.5, 0.6) is 0 Å². The highest BCUT2D eigenvalue weighted by atomic mass is 32.2. The fraction of sp³-hybridized carbons (Fsp3) is 0.710. The van der Waals surface area contributed by atoms with Crippen molar-refractivity contribution in [1.29, 1.82) is 0 Å². The number of carbonyl (C=O) groups excluding carboxylic acids is 3. The first kappa shape index (κ1) is 29.4. The summed E-state index contributed by atoms with van der Waals surface area (Å²) in [5.41, 5.74) is -2.14. The highest BCUT2D eigenvalue weighted by Crippen LogP contribution is 2.69. The fourth-order valence-corrected chi connectivity index (χ4v) is 10.4. The van der Waals surface area contributed by atoms with Crippen LogP contribution in [0, 0.1) is 47.3 Å². The summed E-state index contributed by atoms with van der Waals surface area (Å²) in [5, 5.41) is 12.2. The van der Waals surface area contributed by atoms with E-state index in [1.54, 1.807) is 12.1 Å². The van der Waals surface area contributed by atoms with Crippen molar-refractivity contribution in [2.24, 2.45) is 40.4 Å². The van der Waals surface area contributed by atoms with Gasteiger partial charge in [-0.1, -0.05) is 38.5 Å². The first-order valence-electron chi connectivity index (χ1n) is 14.5. The average molecular weight is 575 g/mol. The highest BCUT2D eigenvalue weighted by Gasteiger charge is 2.71. The van der Waals surface area contributed by atoms with E-state index >= 15 is 0 Å². The van der Waals surface area contributed by atoms with Gasteiger partial charge < -0.3 is 9.84 Å². The summed E-state index contributed by atoms with van der Waals surface area (Å²) >= 11 is 0. The van der Waals surface area contributed by atoms with Crippen molar-refractivity contribution in [1.82, 2.24) is 0 Å². The summed E-state index contributed by atoms with van der Waals surface area (Å²) in [4.78, 5) is 37.6. The van der Waals surface area contributed by atoms with Crippen LogP contribution in [0.3, 0.4) is 0 Å². The second-order valence-corrected chi connectivity index (χ2v) is 15.0. The normalized spacial score (nSPS) is 41.0. The number of fused-ring (bicyclic) bond motifs is 5. The molecule has 4 fully saturated rings. The molecule has 4 aliphatic carbocycles. The molecule has 4 saturated carbocycles. The molecule has 9 unspecified atom stereocenters. The number of hydrogen-bond acceptors (Lipinski definition) is 8. The van der Waals surface area contributed by atoms with Gasteiger partial charge in [0.1, 0.15) is 11.4 Å². The van der Waals surface area contributed by atoms with Crippen molar-refractivity contribution in [2.75, 3.05) is 6.61 Å². The Hall–Kier alpha value is -2.10. The molecule has 8 nitrogen and oxygen atoms in total. The number of aryl methyl sites for hydroxylation is 1. The topological polar surface area (TPSA) is 124 Å². The second kappa shape index (κ2) is 10.0. The first-order valence-corrected chi connectivity index (χ1v) is 15.9. The van der Waals surface area contributed by atoms with Crippen molar-refractivity contribution in [3.05, 3.63) is 29.8 Å². The standard InChI is InChI=1S/C31H42O8S/c1-18-6-9-23(10-7-18)40(36,37)39-26-16-30(5)25(14-19(2)31(30,35)27(34)17-38-20(3)32)24-11-8-21-15-22(33)12-13-29(21,4)28(24)26/h6-7,9-10,19,21,24-26,28,35H,8,11-17H2,1-5H3. The molecule has 5 rings (SSSR count). The molecule has 0 radical (unpaired) electrons. The molecule has 0 bridgehead atoms. The Morgan fingerprint density at radius 3 is 2.45 bits per heavy atom. The van der Waals surface area contributed by atoms with Crippen molar-refractivity contribution in [3.8, 4) is 0 Å². The highest BCUT2D eigenvalue weighted by molar-refractivity contribution is 7.86. The van der Waals surface area contributed by atoms with Gasteiger partial charge in [0.25, 0.3) is 10.1 Å². The summed E-state index contributed by atoms with van der Waals surface area (Å²) in [5.74, 6) is -1.33. The molecule has 220 valence electrons. The van der Waals surface area contributed by atoms with Crippen LogP contribution in [-0.4, -0.2) is 49.4 Å². The molecular weight excluding hydrogens is 532 g/mol. The molecule has 0 heterocycles. The second-order valence-electron chi connectivity index (χ2n) is 13.4. The van der Waals surface area contributed by atoms with Crippen LogP contribution < -0.4 is 0 Å². The maximum Gasteiger partial charge on any atom is 0.303 e. The summed E-state index contributed by atoms with van der Waals surface area (Å²) < 4.78 is 38.5. The molecule has 0 saturated heterocycles. The third-order valence-corrected chi connectivity index (χ3v) is 12.7. The van der Waals surface area contributed by atoms with E-state index in [0.29, 0.717) is 25.7 Å². The molecule has 0 amide bonds. The number of benzene rings is 1. The number of ketones is 2. The molecule has 0 spiro atoms. The smallest absolute Gasteiger partial charge is 0.303 e. The van der Waals surface area contributed by atoms with Crippen LogP contribution in [0.15, 0.2) is 29.2 Å². The Bertz CT molecular complexity index is 1300. The summed E-state index contributed by atoms with van der Waals surface area (Å²) in [7, 11) is -4.15. The zero-order valence-electron chi connectivity index (χ0n) is 24.1. The number of carbonyl (C=O) groups is 3. The van der Waals surface area contributed by atoms with E-state index in [-0.39, 0.29) is 46.2 Å². The lowest BCUT2D eigenvalue weighted by atomic mass is 9.43. The molecule has 9 atom stereocenters. The minimum absolute atomic E-state index is 0.0180. The van der Waals surface area contributed by atoms with Gasteiger partial charge in [-0.15, -0.1) is 0 Å². The van der Waals surface area contributed by atoms with Crippen molar-refractivity contribution in [3.63, 3.8) is 0 Å². The lowest BCUT2D eigenvalue weighted by Crippen LogP contribution is -2.64. The summed E-state index contributed by atoms with van der Waals surface area (Å²) in [6.07, 6.45) is 3.28. The molecule has 1 aromatic carbocycles. The van der Waals surface area contributed by atoms with Gasteiger partial charge in [-0.25, -0.2) is 0 Å². The zero-order valence-corrected chi connectivity index (χ0v) is 25.0. The first-order chi connectivity index (χ1) is 18.6. The Morgan fingerprint density at radius 1 is 1.12 bits per heavy atom. The number of Topliss-reactive ketones (excluding diaryl/α,β-unsaturated/α-hetero) is 2. The lowest BCUT2D eigenvalue weighted by molar-refractivity contribution is -0.198. The molecule has 0 aliphatic heterocycles. The number of hydrogen-bond donors (Lipinski definition) is 1. The van der Waals surface area contributed by atoms with Crippen LogP contribution in [0.25, 0.3) is 0 Å². The van der Waals surface area contributed by atoms with Crippen LogP contribution >= 0.6 is 0 Å². The molecule has 0 aromatic heterocycles. The third kappa shape index (κ3) is 4.47. The minimum atomic E-state index is -4.15. The fourth-order valence-electron chi connectivity index (χ4n) is 9.35. The van der Waals surface area contributed by atoms with Crippen molar-refractivity contribution >= 4 is 27.7 Å². The van der Waals surface area contributed by atoms with Crippen LogP contribution in [0.1, 0.15) is 78.2 Å². The van der Waals surface area contributed by atoms with Gasteiger partial charge in [-0.05, 0) is 86.2 Å². The summed E-state index contributed by atoms with van der Waals surface area (Å²) in [6, 6.07) is 6.54. The van der Waals surface area contributed by atoms with Crippen LogP contribution in [0.4, 0.5) is 0 Å². The predicted octanol–water partition coefficient (Wildman–Crippen LogP) is 4.40. The monoisotopic (exact) mass is 574 g/mol. The third-order valence-electron chi connectivity index (χ3n) is 11.4. The quantitative estimate of drug-likeness (QED) is 0.392. The summed E-state index contributed by atoms with van der Waals surface area (Å²) in [6.45, 7) is 8.51. The van der Waals surface area contributed by atoms with Gasteiger partial charge in [0, 0.05) is 25.2 Å². The van der Waals surface area contributed by atoms with Crippen molar-refractivity contribution < 1.29 is 36.8 Å². The number of aliphatic hydroxyl groups is 1. The van der Waals surface area contributed by atoms with Gasteiger partial charge >= 0.3 is 5.97 Å². The predicted molar refractivity (Wildman–Crippen MR) is 146 cm³/mol. The Morgan fingerprint density at radius 2 is 1.80 bits per heavy atom. The van der Waals surface area contributed by atoms with E-state index in [1.165, 1.54) is 19.1 Å². The zero-order chi connectivity index (χ0) is 29.3. The van der Waals surface area contributed by atoms with Gasteiger partial charge in [0.15, 0.2) is 6.61 Å². The largest absolute Gasteiger partial charge is 0.458 e. The van der Waals surface area contributed by atoms with Crippen LogP contribution in [0.2, 0.25) is 0 Å². The van der Waals surface area contributed by atoms with Gasteiger partial charge in [-0.2, -0.15) is 8.42 Å². The number of esters is 1. The maximum absolute atomic E-state index is 13.7. The molecule has 1 N–H and O–H groups in total. The Balaban J connectivity index is 1.58. The van der Waals surface area contributed by atoms with Gasteiger partial charge in [0.2, 0.25) is 5.78 Å². The number of ether oxygens (including phenoxy) is 1. The van der Waals surface area contributed by atoms with Crippen LogP contribution in [-0.2, 0) is 33.4 Å². The molecule has 4 aliphatic rings. The Labute approximate surface area is 237 Å². The maximum atomic E-state index is 13.7. The lowest BCUT2D eigenvalue weighted by Gasteiger charge is -2.62. The SMILES string of the molecule is CC(=O)OCC(=O)C1(O)C(C)CC2C3CCC4CC(=O)CCC4(C)C3C(OS(=O)(=O)c3ccc(C)cc3)CC21C. The van der Waals surface area contributed by atoms with E-state index in [0.717, 1.165) is 18.4 Å². The minimum Gasteiger partial charge on any atom is -0.458 e. The van der Waals surface area contributed by atoms with E-state index in [4.69, 9.17) is 8.92 Å². The molecule has 9 heteroatoms. The van der Waals surface area contributed by atoms with E-state index in [2.05, 4.69) is 6.92 Å². The van der Waals surface area contributed by atoms with Gasteiger partial charge in [-0.3, -0.25) is 18.6 Å². The average Bonchev–Trinajstić information content (AvgIpc) is 3.08. The molecule has 1 aromatic rings. The van der Waals surface area contributed by atoms with E-state index in [9.17, 15) is 27.9 Å². The Kier molecular flexibility index (Phi) is 7.36. The van der Waals surface area contributed by atoms with E-state index < -0.39 is 51.5 Å². The van der Waals surface area contributed by atoms with Gasteiger partial charge in [0.05, 0.1) is 11.0 Å². The number of rotatable bonds is 6. The van der Waals surface area contributed by atoms with Crippen molar-refractivity contribution in [2.45, 2.75) is 96.2 Å². The molecule has 40 heavy (non-hydrogen) atoms.